The molecule has 0 N–H and O–H groups in total. The first-order valence-corrected chi connectivity index (χ1v) is 11.3. The number of hydrogen-bond donors (Lipinski definition) is 0. The molecule has 0 amide bonds. The first-order chi connectivity index (χ1) is 13.0. The zero-order valence-electron chi connectivity index (χ0n) is 16.2. The van der Waals surface area contributed by atoms with Gasteiger partial charge in [0, 0.05) is 19.7 Å². The van der Waals surface area contributed by atoms with E-state index in [1.807, 2.05) is 12.1 Å². The van der Waals surface area contributed by atoms with E-state index in [4.69, 9.17) is 4.74 Å². The number of benzene rings is 2. The Labute approximate surface area is 163 Å². The molecule has 146 valence electrons. The molecule has 1 heterocycles. The highest BCUT2D eigenvalue weighted by Gasteiger charge is 2.19. The molecule has 1 unspecified atom stereocenters. The van der Waals surface area contributed by atoms with E-state index < -0.39 is 9.84 Å². The van der Waals surface area contributed by atoms with Gasteiger partial charge < -0.3 is 9.64 Å². The van der Waals surface area contributed by atoms with E-state index in [0.29, 0.717) is 10.9 Å². The van der Waals surface area contributed by atoms with Gasteiger partial charge in [0.25, 0.3) is 0 Å². The van der Waals surface area contributed by atoms with Crippen molar-refractivity contribution in [2.24, 2.45) is 0 Å². The van der Waals surface area contributed by atoms with Crippen molar-refractivity contribution in [2.75, 3.05) is 32.6 Å². The van der Waals surface area contributed by atoms with Crippen LogP contribution >= 0.6 is 0 Å². The summed E-state index contributed by atoms with van der Waals surface area (Å²) in [4.78, 5) is 2.91. The number of methoxy groups -OCH3 is 1. The van der Waals surface area contributed by atoms with Crippen LogP contribution in [-0.4, -0.2) is 51.9 Å². The summed E-state index contributed by atoms with van der Waals surface area (Å²) in [6, 6.07) is 16.4. The Morgan fingerprint density at radius 3 is 2.22 bits per heavy atom. The summed E-state index contributed by atoms with van der Waals surface area (Å²) in [5.74, 6) is 0.00712. The van der Waals surface area contributed by atoms with Gasteiger partial charge >= 0.3 is 0 Å². The van der Waals surface area contributed by atoms with E-state index in [2.05, 4.69) is 36.1 Å². The molecule has 1 aliphatic rings. The van der Waals surface area contributed by atoms with E-state index in [1.54, 1.807) is 12.1 Å². The quantitative estimate of drug-likeness (QED) is 0.691. The number of likely N-dealkylation sites (tertiary alicyclic amines) is 1. The molecule has 2 aromatic carbocycles. The smallest absolute Gasteiger partial charge is 0.180 e. The Hall–Kier alpha value is -1.69. The summed E-state index contributed by atoms with van der Waals surface area (Å²) in [7, 11) is -1.77. The molecule has 0 bridgehead atoms. The normalized spacial score (nSPS) is 18.1. The zero-order valence-corrected chi connectivity index (χ0v) is 17.0. The lowest BCUT2D eigenvalue weighted by molar-refractivity contribution is 0.217. The van der Waals surface area contributed by atoms with Crippen molar-refractivity contribution in [1.29, 1.82) is 0 Å². The van der Waals surface area contributed by atoms with Crippen molar-refractivity contribution in [3.05, 3.63) is 54.1 Å². The lowest BCUT2D eigenvalue weighted by Crippen LogP contribution is -2.28. The summed E-state index contributed by atoms with van der Waals surface area (Å²) in [5.41, 5.74) is 3.48. The highest BCUT2D eigenvalue weighted by molar-refractivity contribution is 7.91. The van der Waals surface area contributed by atoms with Crippen LogP contribution in [0.15, 0.2) is 53.4 Å². The van der Waals surface area contributed by atoms with Gasteiger partial charge in [-0.1, -0.05) is 36.4 Å². The standard InChI is InChI=1S/C22H29NO3S/c1-18-4-3-14-23(18)15-13-19-5-7-20(8-6-19)21-9-11-22(12-10-21)27(24,25)17-16-26-2/h5-12,18H,3-4,13-17H2,1-2H3. The molecule has 1 fully saturated rings. The van der Waals surface area contributed by atoms with Crippen molar-refractivity contribution >= 4 is 9.84 Å². The van der Waals surface area contributed by atoms with Crippen LogP contribution < -0.4 is 0 Å². The first kappa shape index (κ1) is 20.1. The highest BCUT2D eigenvalue weighted by atomic mass is 32.2. The summed E-state index contributed by atoms with van der Waals surface area (Å²) in [5, 5.41) is 0. The number of ether oxygens (including phenoxy) is 1. The van der Waals surface area contributed by atoms with Gasteiger partial charge in [-0.25, -0.2) is 8.42 Å². The molecule has 0 aromatic heterocycles. The van der Waals surface area contributed by atoms with Gasteiger partial charge in [0.1, 0.15) is 0 Å². The van der Waals surface area contributed by atoms with Crippen LogP contribution in [0.1, 0.15) is 25.3 Å². The minimum atomic E-state index is -3.28. The predicted octanol–water partition coefficient (Wildman–Crippen LogP) is 3.80. The SMILES string of the molecule is COCCS(=O)(=O)c1ccc(-c2ccc(CCN3CCCC3C)cc2)cc1. The van der Waals surface area contributed by atoms with Crippen LogP contribution in [0, 0.1) is 0 Å². The maximum atomic E-state index is 12.2. The van der Waals surface area contributed by atoms with Gasteiger partial charge in [-0.05, 0) is 61.6 Å². The molecule has 0 spiro atoms. The van der Waals surface area contributed by atoms with Gasteiger partial charge in [0.05, 0.1) is 17.3 Å². The zero-order chi connectivity index (χ0) is 19.3. The highest BCUT2D eigenvalue weighted by Crippen LogP contribution is 2.23. The van der Waals surface area contributed by atoms with Crippen LogP contribution in [-0.2, 0) is 21.0 Å². The number of hydrogen-bond acceptors (Lipinski definition) is 4. The van der Waals surface area contributed by atoms with Crippen LogP contribution in [0.25, 0.3) is 11.1 Å². The van der Waals surface area contributed by atoms with E-state index in [1.165, 1.54) is 32.1 Å². The number of nitrogens with zero attached hydrogens (tertiary/aromatic N) is 1. The fourth-order valence-corrected chi connectivity index (χ4v) is 4.80. The second-order valence-corrected chi connectivity index (χ2v) is 9.42. The molecular weight excluding hydrogens is 358 g/mol. The molecule has 4 nitrogen and oxygen atoms in total. The Morgan fingerprint density at radius 2 is 1.67 bits per heavy atom. The van der Waals surface area contributed by atoms with Crippen molar-refractivity contribution < 1.29 is 13.2 Å². The molecule has 0 radical (unpaired) electrons. The second-order valence-electron chi connectivity index (χ2n) is 7.31. The molecule has 3 rings (SSSR count). The molecule has 0 saturated carbocycles. The largest absolute Gasteiger partial charge is 0.384 e. The maximum absolute atomic E-state index is 12.2. The van der Waals surface area contributed by atoms with Gasteiger partial charge in [-0.2, -0.15) is 0 Å². The van der Waals surface area contributed by atoms with E-state index in [-0.39, 0.29) is 12.4 Å². The van der Waals surface area contributed by atoms with Crippen LogP contribution in [0.4, 0.5) is 0 Å². The predicted molar refractivity (Wildman–Crippen MR) is 110 cm³/mol. The lowest BCUT2D eigenvalue weighted by Gasteiger charge is -2.20. The Morgan fingerprint density at radius 1 is 1.04 bits per heavy atom. The molecular formula is C22H29NO3S. The van der Waals surface area contributed by atoms with Crippen molar-refractivity contribution in [3.63, 3.8) is 0 Å². The fourth-order valence-electron chi connectivity index (χ4n) is 3.63. The van der Waals surface area contributed by atoms with E-state index in [0.717, 1.165) is 24.1 Å². The maximum Gasteiger partial charge on any atom is 0.180 e. The van der Waals surface area contributed by atoms with Gasteiger partial charge in [-0.3, -0.25) is 0 Å². The van der Waals surface area contributed by atoms with E-state index >= 15 is 0 Å². The minimum Gasteiger partial charge on any atom is -0.384 e. The molecule has 1 saturated heterocycles. The lowest BCUT2D eigenvalue weighted by atomic mass is 10.0. The molecule has 27 heavy (non-hydrogen) atoms. The number of rotatable bonds is 8. The summed E-state index contributed by atoms with van der Waals surface area (Å²) in [6.45, 7) is 4.87. The van der Waals surface area contributed by atoms with Crippen molar-refractivity contribution in [3.8, 4) is 11.1 Å². The second kappa shape index (κ2) is 9.00. The monoisotopic (exact) mass is 387 g/mol. The summed E-state index contributed by atoms with van der Waals surface area (Å²) >= 11 is 0. The average Bonchev–Trinajstić information content (AvgIpc) is 3.10. The molecule has 1 aliphatic heterocycles. The molecule has 0 aliphatic carbocycles. The average molecular weight is 388 g/mol. The van der Waals surface area contributed by atoms with Gasteiger partial charge in [-0.15, -0.1) is 0 Å². The van der Waals surface area contributed by atoms with Crippen molar-refractivity contribution in [1.82, 2.24) is 4.90 Å². The van der Waals surface area contributed by atoms with Crippen LogP contribution in [0.3, 0.4) is 0 Å². The third kappa shape index (κ3) is 5.18. The minimum absolute atomic E-state index is 0.00712. The van der Waals surface area contributed by atoms with Crippen LogP contribution in [0.2, 0.25) is 0 Å². The molecule has 5 heteroatoms. The molecule has 2 aromatic rings. The van der Waals surface area contributed by atoms with Gasteiger partial charge in [0.2, 0.25) is 0 Å². The molecule has 1 atom stereocenters. The third-order valence-corrected chi connectivity index (χ3v) is 7.13. The number of sulfone groups is 1. The van der Waals surface area contributed by atoms with Crippen LogP contribution in [0.5, 0.6) is 0 Å². The fraction of sp³-hybridized carbons (Fsp3) is 0.455. The summed E-state index contributed by atoms with van der Waals surface area (Å²) in [6.07, 6.45) is 3.70. The summed E-state index contributed by atoms with van der Waals surface area (Å²) < 4.78 is 29.3. The van der Waals surface area contributed by atoms with Crippen molar-refractivity contribution in [2.45, 2.75) is 37.1 Å². The topological polar surface area (TPSA) is 46.6 Å². The Bertz CT molecular complexity index is 829. The third-order valence-electron chi connectivity index (χ3n) is 5.44. The van der Waals surface area contributed by atoms with E-state index in [9.17, 15) is 8.42 Å². The Kier molecular flexibility index (Phi) is 6.68. The van der Waals surface area contributed by atoms with Gasteiger partial charge in [0.15, 0.2) is 9.84 Å². The first-order valence-electron chi connectivity index (χ1n) is 9.65. The Balaban J connectivity index is 1.63.